The number of hydrogen-bond donors (Lipinski definition) is 0. The summed E-state index contributed by atoms with van der Waals surface area (Å²) in [5.74, 6) is 2.82. The van der Waals surface area contributed by atoms with Crippen molar-refractivity contribution in [1.82, 2.24) is 0 Å². The Morgan fingerprint density at radius 2 is 1.57 bits per heavy atom. The zero-order valence-corrected chi connectivity index (χ0v) is 16.7. The van der Waals surface area contributed by atoms with E-state index in [9.17, 15) is 22.0 Å². The third-order valence-corrected chi connectivity index (χ3v) is 5.63. The van der Waals surface area contributed by atoms with Crippen molar-refractivity contribution in [3.05, 3.63) is 82.4 Å². The molecule has 2 aromatic carbocycles. The lowest BCUT2D eigenvalue weighted by atomic mass is 9.78. The van der Waals surface area contributed by atoms with Gasteiger partial charge in [-0.05, 0) is 73.3 Å². The van der Waals surface area contributed by atoms with Gasteiger partial charge in [-0.1, -0.05) is 49.1 Å². The molecule has 1 saturated carbocycles. The Hall–Kier alpha value is -2.61. The molecule has 1 aliphatic rings. The van der Waals surface area contributed by atoms with E-state index in [1.54, 1.807) is 6.08 Å². The summed E-state index contributed by atoms with van der Waals surface area (Å²) < 4.78 is 64.9. The highest BCUT2D eigenvalue weighted by molar-refractivity contribution is 5.40. The first-order valence-corrected chi connectivity index (χ1v) is 10.1. The molecule has 0 radical (unpaired) electrons. The largest absolute Gasteiger partial charge is 0.422 e. The number of hydrogen-bond acceptors (Lipinski definition) is 0. The fourth-order valence-electron chi connectivity index (χ4n) is 3.90. The molecule has 1 aliphatic carbocycles. The molecule has 0 aliphatic heterocycles. The first-order valence-electron chi connectivity index (χ1n) is 10.1. The van der Waals surface area contributed by atoms with Gasteiger partial charge in [0.15, 0.2) is 0 Å². The van der Waals surface area contributed by atoms with Crippen LogP contribution in [-0.2, 0) is 12.6 Å². The summed E-state index contributed by atoms with van der Waals surface area (Å²) in [7, 11) is 0. The molecule has 2 aromatic rings. The highest BCUT2D eigenvalue weighted by Crippen LogP contribution is 2.36. The summed E-state index contributed by atoms with van der Waals surface area (Å²) in [5, 5.41) is 0. The molecule has 0 amide bonds. The van der Waals surface area contributed by atoms with Crippen LogP contribution in [0.15, 0.2) is 48.6 Å². The van der Waals surface area contributed by atoms with E-state index in [0.717, 1.165) is 32.1 Å². The Morgan fingerprint density at radius 3 is 2.10 bits per heavy atom. The topological polar surface area (TPSA) is 0 Å². The zero-order chi connectivity index (χ0) is 21.7. The Morgan fingerprint density at radius 1 is 0.967 bits per heavy atom. The molecule has 0 spiro atoms. The third kappa shape index (κ3) is 5.50. The smallest absolute Gasteiger partial charge is 0.206 e. The summed E-state index contributed by atoms with van der Waals surface area (Å²) in [4.78, 5) is 0. The highest BCUT2D eigenvalue weighted by Gasteiger charge is 2.37. The van der Waals surface area contributed by atoms with Crippen LogP contribution in [0.25, 0.3) is 0 Å². The van der Waals surface area contributed by atoms with Gasteiger partial charge in [0, 0.05) is 5.56 Å². The molecule has 1 fully saturated rings. The standard InChI is InChI=1S/C25H23F5/c1-2-17-7-11-20(12-8-17)21-13-9-18(10-14-21)5-3-4-6-19-15-22(26)24(23(27)16-19)25(28,29)30/h3,5,7-8,11-12,15-16,18,21H,2,9-10,13-14H2,1H3. The van der Waals surface area contributed by atoms with E-state index in [0.29, 0.717) is 24.0 Å². The van der Waals surface area contributed by atoms with Gasteiger partial charge in [-0.3, -0.25) is 0 Å². The van der Waals surface area contributed by atoms with Gasteiger partial charge in [0.1, 0.15) is 17.2 Å². The summed E-state index contributed by atoms with van der Waals surface area (Å²) in [5.41, 5.74) is 0.703. The maximum atomic E-state index is 13.6. The monoisotopic (exact) mass is 418 g/mol. The predicted molar refractivity (Wildman–Crippen MR) is 108 cm³/mol. The van der Waals surface area contributed by atoms with Crippen LogP contribution in [0.5, 0.6) is 0 Å². The van der Waals surface area contributed by atoms with Crippen LogP contribution in [0.4, 0.5) is 22.0 Å². The molecule has 0 bridgehead atoms. The van der Waals surface area contributed by atoms with Crippen LogP contribution in [0.2, 0.25) is 0 Å². The summed E-state index contributed by atoms with van der Waals surface area (Å²) in [6.07, 6.45) is 3.78. The molecule has 0 nitrogen and oxygen atoms in total. The van der Waals surface area contributed by atoms with E-state index in [1.807, 2.05) is 6.08 Å². The van der Waals surface area contributed by atoms with Crippen molar-refractivity contribution in [2.75, 3.05) is 0 Å². The van der Waals surface area contributed by atoms with Gasteiger partial charge in [-0.25, -0.2) is 8.78 Å². The van der Waals surface area contributed by atoms with E-state index in [-0.39, 0.29) is 5.56 Å². The van der Waals surface area contributed by atoms with Gasteiger partial charge >= 0.3 is 6.18 Å². The average molecular weight is 418 g/mol. The molecule has 0 aromatic heterocycles. The third-order valence-electron chi connectivity index (χ3n) is 5.63. The molecule has 3 rings (SSSR count). The van der Waals surface area contributed by atoms with Gasteiger partial charge in [0.05, 0.1) is 0 Å². The lowest BCUT2D eigenvalue weighted by Crippen LogP contribution is -2.11. The summed E-state index contributed by atoms with van der Waals surface area (Å²) in [6, 6.07) is 10.0. The Balaban J connectivity index is 1.57. The van der Waals surface area contributed by atoms with E-state index in [2.05, 4.69) is 43.0 Å². The van der Waals surface area contributed by atoms with Crippen molar-refractivity contribution in [2.24, 2.45) is 5.92 Å². The van der Waals surface area contributed by atoms with Crippen molar-refractivity contribution < 1.29 is 22.0 Å². The van der Waals surface area contributed by atoms with Crippen LogP contribution in [0, 0.1) is 29.4 Å². The average Bonchev–Trinajstić information content (AvgIpc) is 2.70. The second kappa shape index (κ2) is 9.47. The van der Waals surface area contributed by atoms with Crippen LogP contribution in [0.3, 0.4) is 0 Å². The van der Waals surface area contributed by atoms with E-state index >= 15 is 0 Å². The Labute approximate surface area is 173 Å². The van der Waals surface area contributed by atoms with Crippen molar-refractivity contribution in [2.45, 2.75) is 51.1 Å². The van der Waals surface area contributed by atoms with Gasteiger partial charge in [-0.15, -0.1) is 0 Å². The Kier molecular flexibility index (Phi) is 6.97. The minimum Gasteiger partial charge on any atom is -0.206 e. The summed E-state index contributed by atoms with van der Waals surface area (Å²) >= 11 is 0. The number of rotatable bonds is 3. The molecule has 30 heavy (non-hydrogen) atoms. The van der Waals surface area contributed by atoms with Gasteiger partial charge in [0.25, 0.3) is 0 Å². The quantitative estimate of drug-likeness (QED) is 0.359. The number of allylic oxidation sites excluding steroid dienone is 2. The molecular formula is C25H23F5. The van der Waals surface area contributed by atoms with Crippen LogP contribution in [-0.4, -0.2) is 0 Å². The van der Waals surface area contributed by atoms with Gasteiger partial charge in [0.2, 0.25) is 0 Å². The van der Waals surface area contributed by atoms with Crippen molar-refractivity contribution in [3.63, 3.8) is 0 Å². The lowest BCUT2D eigenvalue weighted by molar-refractivity contribution is -0.142. The SMILES string of the molecule is CCc1ccc(C2CCC(C=CC#Cc3cc(F)c(C(F)(F)F)c(F)c3)CC2)cc1. The molecule has 0 heterocycles. The minimum absolute atomic E-state index is 0.123. The normalized spacial score (nSPS) is 19.5. The maximum absolute atomic E-state index is 13.6. The van der Waals surface area contributed by atoms with Crippen molar-refractivity contribution in [3.8, 4) is 11.8 Å². The van der Waals surface area contributed by atoms with Crippen LogP contribution >= 0.6 is 0 Å². The second-order valence-electron chi connectivity index (χ2n) is 7.65. The molecule has 0 saturated heterocycles. The minimum atomic E-state index is -5.07. The van der Waals surface area contributed by atoms with Gasteiger partial charge in [-0.2, -0.15) is 13.2 Å². The van der Waals surface area contributed by atoms with Crippen molar-refractivity contribution >= 4 is 0 Å². The fraction of sp³-hybridized carbons (Fsp3) is 0.360. The molecular weight excluding hydrogens is 395 g/mol. The molecule has 0 atom stereocenters. The van der Waals surface area contributed by atoms with Crippen LogP contribution in [0.1, 0.15) is 60.8 Å². The van der Waals surface area contributed by atoms with E-state index in [4.69, 9.17) is 0 Å². The van der Waals surface area contributed by atoms with Gasteiger partial charge < -0.3 is 0 Å². The van der Waals surface area contributed by atoms with E-state index in [1.165, 1.54) is 11.1 Å². The second-order valence-corrected chi connectivity index (χ2v) is 7.65. The number of benzene rings is 2. The summed E-state index contributed by atoms with van der Waals surface area (Å²) in [6.45, 7) is 2.14. The molecule has 0 unspecified atom stereocenters. The first-order chi connectivity index (χ1) is 14.3. The molecule has 158 valence electrons. The van der Waals surface area contributed by atoms with Crippen LogP contribution < -0.4 is 0 Å². The zero-order valence-electron chi connectivity index (χ0n) is 16.7. The maximum Gasteiger partial charge on any atom is 0.422 e. The predicted octanol–water partition coefficient (Wildman–Crippen LogP) is 7.43. The molecule has 0 N–H and O–H groups in total. The highest BCUT2D eigenvalue weighted by atomic mass is 19.4. The Bertz CT molecular complexity index is 927. The molecule has 5 heteroatoms. The van der Waals surface area contributed by atoms with Crippen molar-refractivity contribution in [1.29, 1.82) is 0 Å². The number of aryl methyl sites for hydroxylation is 1. The number of alkyl halides is 3. The van der Waals surface area contributed by atoms with E-state index < -0.39 is 23.4 Å². The number of halogens is 5. The lowest BCUT2D eigenvalue weighted by Gasteiger charge is -2.27. The first kappa shape index (κ1) is 22.1. The fourth-order valence-corrected chi connectivity index (χ4v) is 3.90.